The highest BCUT2D eigenvalue weighted by Crippen LogP contribution is 2.21. The summed E-state index contributed by atoms with van der Waals surface area (Å²) >= 11 is 0. The fourth-order valence-electron chi connectivity index (χ4n) is 1.55. The fraction of sp³-hybridized carbons (Fsp3) is 0.400. The molecule has 0 spiro atoms. The molecule has 78 valence electrons. The molecule has 1 aromatic carbocycles. The Hall–Kier alpha value is -0.870. The van der Waals surface area contributed by atoms with Gasteiger partial charge in [-0.15, -0.1) is 0 Å². The van der Waals surface area contributed by atoms with Crippen LogP contribution in [0.15, 0.2) is 23.1 Å². The van der Waals surface area contributed by atoms with E-state index in [2.05, 4.69) is 0 Å². The Morgan fingerprint density at radius 3 is 2.50 bits per heavy atom. The van der Waals surface area contributed by atoms with Crippen LogP contribution >= 0.6 is 0 Å². The van der Waals surface area contributed by atoms with Crippen LogP contribution in [0.5, 0.6) is 0 Å². The van der Waals surface area contributed by atoms with Gasteiger partial charge in [-0.25, -0.2) is 0 Å². The van der Waals surface area contributed by atoms with Crippen molar-refractivity contribution in [2.24, 2.45) is 0 Å². The van der Waals surface area contributed by atoms with Crippen LogP contribution in [0.2, 0.25) is 0 Å². The number of aryl methyl sites for hydroxylation is 2. The number of rotatable bonds is 3. The van der Waals surface area contributed by atoms with Crippen molar-refractivity contribution in [2.45, 2.75) is 31.6 Å². The lowest BCUT2D eigenvalue weighted by atomic mass is 10.1. The third-order valence-electron chi connectivity index (χ3n) is 2.07. The van der Waals surface area contributed by atoms with Gasteiger partial charge in [-0.2, -0.15) is 8.42 Å². The maximum Gasteiger partial charge on any atom is 0.295 e. The summed E-state index contributed by atoms with van der Waals surface area (Å²) in [4.78, 5) is 0.0712. The first-order valence-electron chi connectivity index (χ1n) is 4.52. The van der Waals surface area contributed by atoms with E-state index in [0.717, 1.165) is 6.42 Å². The molecule has 0 bridgehead atoms. The molecule has 0 saturated heterocycles. The highest BCUT2D eigenvalue weighted by Gasteiger charge is 2.16. The fourth-order valence-corrected chi connectivity index (χ4v) is 2.52. The Morgan fingerprint density at radius 1 is 1.36 bits per heavy atom. The van der Waals surface area contributed by atoms with Gasteiger partial charge >= 0.3 is 0 Å². The summed E-state index contributed by atoms with van der Waals surface area (Å²) in [5.41, 5.74) is 1.29. The average molecular weight is 214 g/mol. The molecule has 0 atom stereocenters. The summed E-state index contributed by atoms with van der Waals surface area (Å²) in [6.45, 7) is 3.65. The van der Waals surface area contributed by atoms with Crippen LogP contribution in [0.3, 0.4) is 0 Å². The molecule has 1 N–H and O–H groups in total. The summed E-state index contributed by atoms with van der Waals surface area (Å²) in [5.74, 6) is 0. The van der Waals surface area contributed by atoms with Gasteiger partial charge in [0.1, 0.15) is 0 Å². The van der Waals surface area contributed by atoms with Crippen molar-refractivity contribution in [3.63, 3.8) is 0 Å². The minimum Gasteiger partial charge on any atom is -0.282 e. The van der Waals surface area contributed by atoms with E-state index >= 15 is 0 Å². The predicted octanol–water partition coefficient (Wildman–Crippen LogP) is 2.19. The van der Waals surface area contributed by atoms with Crippen molar-refractivity contribution in [3.05, 3.63) is 29.3 Å². The van der Waals surface area contributed by atoms with Crippen LogP contribution < -0.4 is 0 Å². The number of benzene rings is 1. The maximum absolute atomic E-state index is 11.1. The van der Waals surface area contributed by atoms with Gasteiger partial charge < -0.3 is 0 Å². The largest absolute Gasteiger partial charge is 0.295 e. The van der Waals surface area contributed by atoms with Crippen molar-refractivity contribution in [1.29, 1.82) is 0 Å². The molecule has 0 radical (unpaired) electrons. The third-order valence-corrected chi connectivity index (χ3v) is 3.17. The molecule has 0 aromatic heterocycles. The van der Waals surface area contributed by atoms with Gasteiger partial charge in [0, 0.05) is 0 Å². The van der Waals surface area contributed by atoms with E-state index in [1.165, 1.54) is 0 Å². The van der Waals surface area contributed by atoms with Gasteiger partial charge in [0.25, 0.3) is 10.1 Å². The second-order valence-corrected chi connectivity index (χ2v) is 4.65. The van der Waals surface area contributed by atoms with Crippen molar-refractivity contribution in [1.82, 2.24) is 0 Å². The topological polar surface area (TPSA) is 54.4 Å². The molecule has 3 nitrogen and oxygen atoms in total. The monoisotopic (exact) mass is 214 g/mol. The summed E-state index contributed by atoms with van der Waals surface area (Å²) in [6, 6.07) is 5.22. The molecular weight excluding hydrogens is 200 g/mol. The molecule has 1 aromatic rings. The van der Waals surface area contributed by atoms with E-state index in [1.54, 1.807) is 25.1 Å². The molecule has 0 aliphatic heterocycles. The highest BCUT2D eigenvalue weighted by atomic mass is 32.2. The summed E-state index contributed by atoms with van der Waals surface area (Å²) in [5, 5.41) is 0. The summed E-state index contributed by atoms with van der Waals surface area (Å²) in [7, 11) is -4.09. The normalized spacial score (nSPS) is 11.6. The third kappa shape index (κ3) is 2.33. The van der Waals surface area contributed by atoms with Crippen LogP contribution in [0.1, 0.15) is 24.5 Å². The molecule has 0 aliphatic rings. The molecule has 0 unspecified atom stereocenters. The molecule has 0 saturated carbocycles. The first-order valence-corrected chi connectivity index (χ1v) is 5.96. The Kier molecular flexibility index (Phi) is 3.29. The molecule has 4 heteroatoms. The Labute approximate surface area is 84.5 Å². The Morgan fingerprint density at radius 2 is 2.00 bits per heavy atom. The zero-order valence-corrected chi connectivity index (χ0v) is 9.13. The standard InChI is InChI=1S/C10H14O3S/c1-3-5-9-7-4-6-8(2)10(9)14(11,12)13/h4,6-7H,3,5H2,1-2H3,(H,11,12,13). The van der Waals surface area contributed by atoms with Gasteiger partial charge in [-0.05, 0) is 24.5 Å². The molecule has 0 heterocycles. The number of hydrogen-bond acceptors (Lipinski definition) is 2. The van der Waals surface area contributed by atoms with Crippen molar-refractivity contribution in [2.75, 3.05) is 0 Å². The lowest BCUT2D eigenvalue weighted by Gasteiger charge is -2.08. The van der Waals surface area contributed by atoms with Crippen molar-refractivity contribution in [3.8, 4) is 0 Å². The van der Waals surface area contributed by atoms with E-state index in [1.807, 2.05) is 6.92 Å². The van der Waals surface area contributed by atoms with Gasteiger partial charge in [0.2, 0.25) is 0 Å². The molecular formula is C10H14O3S. The van der Waals surface area contributed by atoms with Gasteiger partial charge in [-0.1, -0.05) is 31.5 Å². The second-order valence-electron chi connectivity index (χ2n) is 3.29. The SMILES string of the molecule is CCCc1cccc(C)c1S(=O)(=O)O. The van der Waals surface area contributed by atoms with Gasteiger partial charge in [0.05, 0.1) is 4.90 Å². The second kappa shape index (κ2) is 4.11. The van der Waals surface area contributed by atoms with Gasteiger partial charge in [0.15, 0.2) is 0 Å². The molecule has 14 heavy (non-hydrogen) atoms. The van der Waals surface area contributed by atoms with Crippen LogP contribution in [-0.4, -0.2) is 13.0 Å². The molecule has 0 amide bonds. The van der Waals surface area contributed by atoms with E-state index in [0.29, 0.717) is 17.5 Å². The lowest BCUT2D eigenvalue weighted by molar-refractivity contribution is 0.481. The van der Waals surface area contributed by atoms with E-state index < -0.39 is 10.1 Å². The Bertz CT molecular complexity index is 421. The summed E-state index contributed by atoms with van der Waals surface area (Å²) in [6.07, 6.45) is 1.52. The van der Waals surface area contributed by atoms with Crippen molar-refractivity contribution >= 4 is 10.1 Å². The van der Waals surface area contributed by atoms with E-state index in [9.17, 15) is 8.42 Å². The smallest absolute Gasteiger partial charge is 0.282 e. The quantitative estimate of drug-likeness (QED) is 0.785. The highest BCUT2D eigenvalue weighted by molar-refractivity contribution is 7.86. The molecule has 0 aliphatic carbocycles. The predicted molar refractivity (Wildman–Crippen MR) is 55.0 cm³/mol. The Balaban J connectivity index is 3.37. The van der Waals surface area contributed by atoms with Gasteiger partial charge in [-0.3, -0.25) is 4.55 Å². The van der Waals surface area contributed by atoms with Crippen LogP contribution in [0, 0.1) is 6.92 Å². The average Bonchev–Trinajstić information content (AvgIpc) is 2.02. The summed E-state index contributed by atoms with van der Waals surface area (Å²) < 4.78 is 31.3. The first-order chi connectivity index (χ1) is 6.46. The van der Waals surface area contributed by atoms with E-state index in [4.69, 9.17) is 4.55 Å². The number of hydrogen-bond donors (Lipinski definition) is 1. The minimum atomic E-state index is -4.09. The zero-order valence-electron chi connectivity index (χ0n) is 8.32. The lowest BCUT2D eigenvalue weighted by Crippen LogP contribution is -2.05. The van der Waals surface area contributed by atoms with Crippen LogP contribution in [0.25, 0.3) is 0 Å². The van der Waals surface area contributed by atoms with Crippen molar-refractivity contribution < 1.29 is 13.0 Å². The van der Waals surface area contributed by atoms with E-state index in [-0.39, 0.29) is 4.90 Å². The van der Waals surface area contributed by atoms with Crippen LogP contribution in [0.4, 0.5) is 0 Å². The molecule has 0 fully saturated rings. The molecule has 1 rings (SSSR count). The minimum absolute atomic E-state index is 0.0712. The maximum atomic E-state index is 11.1. The zero-order chi connectivity index (χ0) is 10.8. The first kappa shape index (κ1) is 11.2. The van der Waals surface area contributed by atoms with Crippen LogP contribution in [-0.2, 0) is 16.5 Å².